The zero-order chi connectivity index (χ0) is 24.5. The summed E-state index contributed by atoms with van der Waals surface area (Å²) in [7, 11) is 1.37. The summed E-state index contributed by atoms with van der Waals surface area (Å²) in [5.74, 6) is -4.73. The lowest BCUT2D eigenvalue weighted by molar-refractivity contribution is -0.157. The molecule has 0 aliphatic rings. The van der Waals surface area contributed by atoms with Crippen molar-refractivity contribution in [2.75, 3.05) is 12.4 Å². The van der Waals surface area contributed by atoms with Gasteiger partial charge in [0.05, 0.1) is 18.2 Å². The molecule has 2 N–H and O–H groups in total. The molecule has 2 atom stereocenters. The molecule has 11 nitrogen and oxygen atoms in total. The Morgan fingerprint density at radius 2 is 1.29 bits per heavy atom. The first-order valence-corrected chi connectivity index (χ1v) is 9.82. The fourth-order valence-electron chi connectivity index (χ4n) is 2.70. The molecule has 1 heterocycles. The number of aromatic nitrogens is 2. The number of carboxylic acid groups (broad SMARTS) is 1. The highest BCUT2D eigenvalue weighted by molar-refractivity contribution is 6.01. The second-order valence-corrected chi connectivity index (χ2v) is 6.67. The highest BCUT2D eigenvalue weighted by Gasteiger charge is 2.41. The van der Waals surface area contributed by atoms with Crippen molar-refractivity contribution in [1.82, 2.24) is 10.2 Å². The predicted molar refractivity (Wildman–Crippen MR) is 116 cm³/mol. The third-order valence-corrected chi connectivity index (χ3v) is 4.36. The molecule has 2 aromatic carbocycles. The van der Waals surface area contributed by atoms with Crippen LogP contribution in [0, 0.1) is 0 Å². The Hall–Kier alpha value is -4.80. The van der Waals surface area contributed by atoms with Crippen LogP contribution >= 0.6 is 0 Å². The summed E-state index contributed by atoms with van der Waals surface area (Å²) in [6.45, 7) is 0. The third-order valence-electron chi connectivity index (χ3n) is 4.36. The van der Waals surface area contributed by atoms with Crippen molar-refractivity contribution in [1.29, 1.82) is 0 Å². The quantitative estimate of drug-likeness (QED) is 0.448. The number of ether oxygens (including phenoxy) is 3. The minimum absolute atomic E-state index is 0.0447. The van der Waals surface area contributed by atoms with E-state index in [0.29, 0.717) is 0 Å². The Balaban J connectivity index is 1.88. The number of methoxy groups -OCH3 is 1. The number of hydrogen-bond acceptors (Lipinski definition) is 9. The maximum absolute atomic E-state index is 13.0. The van der Waals surface area contributed by atoms with E-state index < -0.39 is 36.0 Å². The van der Waals surface area contributed by atoms with Gasteiger partial charge in [0, 0.05) is 6.07 Å². The average molecular weight is 465 g/mol. The normalized spacial score (nSPS) is 12.0. The summed E-state index contributed by atoms with van der Waals surface area (Å²) in [4.78, 5) is 50.0. The molecule has 1 aromatic heterocycles. The van der Waals surface area contributed by atoms with Crippen molar-refractivity contribution in [2.45, 2.75) is 12.2 Å². The van der Waals surface area contributed by atoms with Gasteiger partial charge in [0.1, 0.15) is 0 Å². The van der Waals surface area contributed by atoms with Crippen molar-refractivity contribution < 1.29 is 38.5 Å². The summed E-state index contributed by atoms with van der Waals surface area (Å²) in [6.07, 6.45) is -4.21. The molecule has 3 rings (SSSR count). The first-order valence-electron chi connectivity index (χ1n) is 9.82. The standard InChI is InChI=1S/C23H19N3O8/c1-32-17-13-12-16(25-26-17)24-20(27)18(33-22(30)14-8-4-2-5-9-14)19(21(28)29)34-23(31)15-10-6-3-7-11-15/h2-13,18-19H,1H3,(H,28,29)(H,24,25,27)/t18-,19-/m1/s1. The molecule has 0 aliphatic carbocycles. The Labute approximate surface area is 193 Å². The molecule has 0 unspecified atom stereocenters. The van der Waals surface area contributed by atoms with E-state index in [1.165, 1.54) is 43.5 Å². The van der Waals surface area contributed by atoms with Gasteiger partial charge in [0.2, 0.25) is 18.1 Å². The van der Waals surface area contributed by atoms with E-state index in [0.717, 1.165) is 0 Å². The molecule has 0 saturated carbocycles. The first-order chi connectivity index (χ1) is 16.4. The highest BCUT2D eigenvalue weighted by atomic mass is 16.6. The smallest absolute Gasteiger partial charge is 0.349 e. The first kappa shape index (κ1) is 23.9. The molecule has 174 valence electrons. The van der Waals surface area contributed by atoms with E-state index in [2.05, 4.69) is 15.5 Å². The van der Waals surface area contributed by atoms with Crippen LogP contribution in [-0.4, -0.2) is 58.4 Å². The second-order valence-electron chi connectivity index (χ2n) is 6.67. The number of hydrogen-bond donors (Lipinski definition) is 2. The number of esters is 2. The van der Waals surface area contributed by atoms with Gasteiger partial charge in [-0.15, -0.1) is 10.2 Å². The van der Waals surface area contributed by atoms with Crippen LogP contribution in [-0.2, 0) is 19.1 Å². The van der Waals surface area contributed by atoms with Gasteiger partial charge in [-0.3, -0.25) is 4.79 Å². The Kier molecular flexibility index (Phi) is 7.84. The van der Waals surface area contributed by atoms with Gasteiger partial charge in [-0.2, -0.15) is 0 Å². The Morgan fingerprint density at radius 3 is 1.74 bits per heavy atom. The summed E-state index contributed by atoms with van der Waals surface area (Å²) < 4.78 is 15.1. The molecular formula is C23H19N3O8. The van der Waals surface area contributed by atoms with Gasteiger partial charge in [0.25, 0.3) is 5.91 Å². The number of carbonyl (C=O) groups is 4. The Morgan fingerprint density at radius 1 is 0.765 bits per heavy atom. The molecule has 0 radical (unpaired) electrons. The van der Waals surface area contributed by atoms with Gasteiger partial charge in [-0.1, -0.05) is 36.4 Å². The van der Waals surface area contributed by atoms with Crippen LogP contribution in [0.15, 0.2) is 72.8 Å². The predicted octanol–water partition coefficient (Wildman–Crippen LogP) is 1.96. The summed E-state index contributed by atoms with van der Waals surface area (Å²) in [5, 5.41) is 19.4. The highest BCUT2D eigenvalue weighted by Crippen LogP contribution is 2.16. The number of nitrogens with zero attached hydrogens (tertiary/aromatic N) is 2. The molecule has 0 bridgehead atoms. The zero-order valence-corrected chi connectivity index (χ0v) is 17.8. The topological polar surface area (TPSA) is 154 Å². The van der Waals surface area contributed by atoms with E-state index in [1.807, 2.05) is 0 Å². The number of carbonyl (C=O) groups excluding carboxylic acids is 3. The maximum Gasteiger partial charge on any atom is 0.349 e. The van der Waals surface area contributed by atoms with Gasteiger partial charge in [0.15, 0.2) is 5.82 Å². The molecule has 0 fully saturated rings. The monoisotopic (exact) mass is 465 g/mol. The molecule has 1 amide bonds. The van der Waals surface area contributed by atoms with Crippen molar-refractivity contribution in [3.8, 4) is 5.88 Å². The number of aliphatic carboxylic acids is 1. The van der Waals surface area contributed by atoms with Crippen LogP contribution in [0.5, 0.6) is 5.88 Å². The number of benzene rings is 2. The van der Waals surface area contributed by atoms with Crippen molar-refractivity contribution in [3.63, 3.8) is 0 Å². The maximum atomic E-state index is 13.0. The molecule has 0 aliphatic heterocycles. The minimum atomic E-state index is -2.16. The van der Waals surface area contributed by atoms with Crippen LogP contribution in [0.1, 0.15) is 20.7 Å². The van der Waals surface area contributed by atoms with Crippen LogP contribution in [0.4, 0.5) is 5.82 Å². The average Bonchev–Trinajstić information content (AvgIpc) is 2.87. The number of amides is 1. The number of anilines is 1. The van der Waals surface area contributed by atoms with E-state index in [-0.39, 0.29) is 22.8 Å². The van der Waals surface area contributed by atoms with Gasteiger partial charge < -0.3 is 24.6 Å². The summed E-state index contributed by atoms with van der Waals surface area (Å²) in [6, 6.07) is 17.9. The summed E-state index contributed by atoms with van der Waals surface area (Å²) in [5.41, 5.74) is 0.103. The summed E-state index contributed by atoms with van der Waals surface area (Å²) >= 11 is 0. The molecule has 3 aromatic rings. The van der Waals surface area contributed by atoms with E-state index in [4.69, 9.17) is 14.2 Å². The molecular weight excluding hydrogens is 446 g/mol. The Bertz CT molecular complexity index is 1150. The van der Waals surface area contributed by atoms with Gasteiger partial charge >= 0.3 is 17.9 Å². The van der Waals surface area contributed by atoms with Crippen LogP contribution in [0.2, 0.25) is 0 Å². The molecule has 11 heteroatoms. The van der Waals surface area contributed by atoms with Crippen LogP contribution < -0.4 is 10.1 Å². The van der Waals surface area contributed by atoms with Crippen LogP contribution in [0.3, 0.4) is 0 Å². The molecule has 34 heavy (non-hydrogen) atoms. The van der Waals surface area contributed by atoms with Gasteiger partial charge in [-0.25, -0.2) is 14.4 Å². The van der Waals surface area contributed by atoms with E-state index >= 15 is 0 Å². The number of rotatable bonds is 9. The van der Waals surface area contributed by atoms with Crippen LogP contribution in [0.25, 0.3) is 0 Å². The zero-order valence-electron chi connectivity index (χ0n) is 17.8. The van der Waals surface area contributed by atoms with Crippen molar-refractivity contribution in [3.05, 3.63) is 83.9 Å². The number of nitrogens with one attached hydrogen (secondary N) is 1. The SMILES string of the molecule is COc1ccc(NC(=O)[C@H](OC(=O)c2ccccc2)[C@@H](OC(=O)c2ccccc2)C(=O)O)nn1. The lowest BCUT2D eigenvalue weighted by Crippen LogP contribution is -2.48. The lowest BCUT2D eigenvalue weighted by Gasteiger charge is -2.23. The van der Waals surface area contributed by atoms with E-state index in [9.17, 15) is 24.3 Å². The van der Waals surface area contributed by atoms with Gasteiger partial charge in [-0.05, 0) is 30.3 Å². The second kappa shape index (κ2) is 11.2. The largest absolute Gasteiger partial charge is 0.480 e. The molecule has 0 spiro atoms. The minimum Gasteiger partial charge on any atom is -0.480 e. The fourth-order valence-corrected chi connectivity index (χ4v) is 2.70. The van der Waals surface area contributed by atoms with Crippen molar-refractivity contribution in [2.24, 2.45) is 0 Å². The lowest BCUT2D eigenvalue weighted by atomic mass is 10.1. The van der Waals surface area contributed by atoms with Crippen molar-refractivity contribution >= 4 is 29.6 Å². The molecule has 0 saturated heterocycles. The third kappa shape index (κ3) is 6.13. The fraction of sp³-hybridized carbons (Fsp3) is 0.130. The number of carboxylic acids is 1. The van der Waals surface area contributed by atoms with E-state index in [1.54, 1.807) is 36.4 Å².